The second-order valence-corrected chi connectivity index (χ2v) is 3.78. The first-order valence-corrected chi connectivity index (χ1v) is 4.96. The minimum Gasteiger partial charge on any atom is -0.481 e. The van der Waals surface area contributed by atoms with Crippen LogP contribution in [0.3, 0.4) is 0 Å². The van der Waals surface area contributed by atoms with E-state index in [9.17, 15) is 23.7 Å². The van der Waals surface area contributed by atoms with Gasteiger partial charge in [-0.25, -0.2) is 8.78 Å². The molecule has 6 nitrogen and oxygen atoms in total. The maximum absolute atomic E-state index is 12.6. The average Bonchev–Trinajstić information content (AvgIpc) is 2.18. The lowest BCUT2D eigenvalue weighted by Crippen LogP contribution is -2.09. The molecule has 0 unspecified atom stereocenters. The van der Waals surface area contributed by atoms with Gasteiger partial charge in [0.15, 0.2) is 0 Å². The molecule has 0 aromatic carbocycles. The zero-order valence-corrected chi connectivity index (χ0v) is 9.65. The zero-order chi connectivity index (χ0) is 13.2. The van der Waals surface area contributed by atoms with Crippen LogP contribution in [0.5, 0.6) is 0 Å². The number of hydrogen-bond acceptors (Lipinski definition) is 4. The number of rotatable bonds is 4. The van der Waals surface area contributed by atoms with Crippen LogP contribution in [0, 0.1) is 10.1 Å². The number of nitrogens with zero attached hydrogens (tertiary/aromatic N) is 2. The summed E-state index contributed by atoms with van der Waals surface area (Å²) in [5, 5.41) is 19.2. The Morgan fingerprint density at radius 3 is 2.65 bits per heavy atom. The fourth-order valence-corrected chi connectivity index (χ4v) is 1.64. The Morgan fingerprint density at radius 2 is 2.24 bits per heavy atom. The summed E-state index contributed by atoms with van der Waals surface area (Å²) in [7, 11) is 0. The van der Waals surface area contributed by atoms with Crippen LogP contribution >= 0.6 is 15.9 Å². The summed E-state index contributed by atoms with van der Waals surface area (Å²) in [5.41, 5.74) is -1.29. The highest BCUT2D eigenvalue weighted by Gasteiger charge is 2.27. The average molecular weight is 311 g/mol. The van der Waals surface area contributed by atoms with Crippen LogP contribution in [0.2, 0.25) is 0 Å². The van der Waals surface area contributed by atoms with Gasteiger partial charge in [-0.15, -0.1) is 0 Å². The second-order valence-electron chi connectivity index (χ2n) is 2.96. The van der Waals surface area contributed by atoms with Gasteiger partial charge >= 0.3 is 11.8 Å². The van der Waals surface area contributed by atoms with E-state index in [1.807, 2.05) is 0 Å². The smallest absolute Gasteiger partial charge is 0.368 e. The molecule has 0 saturated heterocycles. The topological polar surface area (TPSA) is 93.3 Å². The van der Waals surface area contributed by atoms with Gasteiger partial charge in [0.25, 0.3) is 6.43 Å². The Hall–Kier alpha value is -1.64. The van der Waals surface area contributed by atoms with E-state index in [1.54, 1.807) is 0 Å². The van der Waals surface area contributed by atoms with Crippen LogP contribution in [-0.2, 0) is 11.2 Å². The van der Waals surface area contributed by atoms with Crippen LogP contribution < -0.4 is 0 Å². The lowest BCUT2D eigenvalue weighted by atomic mass is 10.1. The molecule has 0 aliphatic rings. The summed E-state index contributed by atoms with van der Waals surface area (Å²) < 4.78 is 25.1. The van der Waals surface area contributed by atoms with Crippen LogP contribution in [-0.4, -0.2) is 21.0 Å². The third-order valence-corrected chi connectivity index (χ3v) is 2.25. The number of halogens is 3. The zero-order valence-electron chi connectivity index (χ0n) is 8.06. The van der Waals surface area contributed by atoms with Gasteiger partial charge in [0.1, 0.15) is 0 Å². The molecule has 0 saturated carbocycles. The van der Waals surface area contributed by atoms with E-state index in [1.165, 1.54) is 0 Å². The molecule has 0 radical (unpaired) electrons. The molecule has 0 spiro atoms. The van der Waals surface area contributed by atoms with Crippen molar-refractivity contribution in [3.05, 3.63) is 31.9 Å². The first kappa shape index (κ1) is 13.4. The van der Waals surface area contributed by atoms with Crippen molar-refractivity contribution in [3.63, 3.8) is 0 Å². The third kappa shape index (κ3) is 3.16. The van der Waals surface area contributed by atoms with E-state index in [0.29, 0.717) is 0 Å². The molecule has 0 atom stereocenters. The summed E-state index contributed by atoms with van der Waals surface area (Å²) in [6.45, 7) is 0. The number of pyridine rings is 1. The summed E-state index contributed by atoms with van der Waals surface area (Å²) in [4.78, 5) is 23.5. The standard InChI is InChI=1S/C8H5BrF2N2O4/c9-5-1-3(7(10)11)4(2-6(14)15)8(12-5)13(16)17/h1,7H,2H2,(H,14,15). The number of hydrogen-bond donors (Lipinski definition) is 1. The van der Waals surface area contributed by atoms with Crippen LogP contribution in [0.25, 0.3) is 0 Å². The predicted molar refractivity (Wildman–Crippen MR) is 54.9 cm³/mol. The molecule has 1 N–H and O–H groups in total. The van der Waals surface area contributed by atoms with E-state index < -0.39 is 40.7 Å². The summed E-state index contributed by atoms with van der Waals surface area (Å²) in [6.07, 6.45) is -3.89. The molecule has 9 heteroatoms. The normalized spacial score (nSPS) is 10.6. The van der Waals surface area contributed by atoms with Gasteiger partial charge in [-0.1, -0.05) is 0 Å². The molecule has 92 valence electrons. The second kappa shape index (κ2) is 5.13. The largest absolute Gasteiger partial charge is 0.481 e. The number of nitro groups is 1. The number of aliphatic carboxylic acids is 1. The monoisotopic (exact) mass is 310 g/mol. The lowest BCUT2D eigenvalue weighted by Gasteiger charge is -2.06. The third-order valence-electron chi connectivity index (χ3n) is 1.84. The van der Waals surface area contributed by atoms with Gasteiger partial charge in [-0.05, 0) is 9.91 Å². The highest BCUT2D eigenvalue weighted by atomic mass is 79.9. The predicted octanol–water partition coefficient (Wildman–Crippen LogP) is 2.32. The van der Waals surface area contributed by atoms with E-state index in [4.69, 9.17) is 5.11 Å². The molecule has 0 aliphatic carbocycles. The Bertz CT molecular complexity index is 481. The van der Waals surface area contributed by atoms with Gasteiger partial charge in [0, 0.05) is 27.6 Å². The SMILES string of the molecule is O=C(O)Cc1c(C(F)F)cc(Br)nc1[N+](=O)[O-]. The van der Waals surface area contributed by atoms with E-state index in [2.05, 4.69) is 20.9 Å². The summed E-state index contributed by atoms with van der Waals surface area (Å²) in [6, 6.07) is 0.871. The van der Waals surface area contributed by atoms with Crippen LogP contribution in [0.1, 0.15) is 17.6 Å². The van der Waals surface area contributed by atoms with Crippen molar-refractivity contribution < 1.29 is 23.6 Å². The Labute approximate surface area is 102 Å². The van der Waals surface area contributed by atoms with Gasteiger partial charge in [-0.3, -0.25) is 4.79 Å². The van der Waals surface area contributed by atoms with E-state index in [-0.39, 0.29) is 4.60 Å². The molecule has 0 bridgehead atoms. The van der Waals surface area contributed by atoms with Crippen molar-refractivity contribution >= 4 is 27.7 Å². The van der Waals surface area contributed by atoms with Gasteiger partial charge in [0.2, 0.25) is 4.60 Å². The number of aromatic nitrogens is 1. The molecule has 1 aromatic rings. The van der Waals surface area contributed by atoms with Crippen molar-refractivity contribution in [1.29, 1.82) is 0 Å². The number of carboxylic acid groups (broad SMARTS) is 1. The molecule has 0 amide bonds. The van der Waals surface area contributed by atoms with Gasteiger partial charge < -0.3 is 15.2 Å². The molecule has 0 fully saturated rings. The Morgan fingerprint density at radius 1 is 1.65 bits per heavy atom. The fourth-order valence-electron chi connectivity index (χ4n) is 1.22. The van der Waals surface area contributed by atoms with Crippen molar-refractivity contribution in [2.45, 2.75) is 12.8 Å². The molecule has 1 aromatic heterocycles. The van der Waals surface area contributed by atoms with Crippen LogP contribution in [0.4, 0.5) is 14.6 Å². The maximum Gasteiger partial charge on any atom is 0.368 e. The van der Waals surface area contributed by atoms with Crippen molar-refractivity contribution in [2.75, 3.05) is 0 Å². The number of carboxylic acids is 1. The lowest BCUT2D eigenvalue weighted by molar-refractivity contribution is -0.390. The highest BCUT2D eigenvalue weighted by Crippen LogP contribution is 2.31. The summed E-state index contributed by atoms with van der Waals surface area (Å²) >= 11 is 2.75. The molecule has 17 heavy (non-hydrogen) atoms. The van der Waals surface area contributed by atoms with Gasteiger partial charge in [-0.2, -0.15) is 0 Å². The fraction of sp³-hybridized carbons (Fsp3) is 0.250. The van der Waals surface area contributed by atoms with E-state index in [0.717, 1.165) is 6.07 Å². The minimum absolute atomic E-state index is 0.145. The first-order chi connectivity index (χ1) is 7.82. The number of alkyl halides is 2. The molecule has 0 aliphatic heterocycles. The molecule has 1 rings (SSSR count). The Kier molecular flexibility index (Phi) is 4.05. The molecular weight excluding hydrogens is 306 g/mol. The first-order valence-electron chi connectivity index (χ1n) is 4.16. The molecular formula is C8H5BrF2N2O4. The minimum atomic E-state index is -3.01. The van der Waals surface area contributed by atoms with Crippen molar-refractivity contribution in [3.8, 4) is 0 Å². The summed E-state index contributed by atoms with van der Waals surface area (Å²) in [5.74, 6) is -2.32. The van der Waals surface area contributed by atoms with Crippen LogP contribution in [0.15, 0.2) is 10.7 Å². The van der Waals surface area contributed by atoms with Crippen molar-refractivity contribution in [2.24, 2.45) is 0 Å². The van der Waals surface area contributed by atoms with Gasteiger partial charge in [0.05, 0.1) is 12.0 Å². The maximum atomic E-state index is 12.6. The highest BCUT2D eigenvalue weighted by molar-refractivity contribution is 9.10. The van der Waals surface area contributed by atoms with Crippen molar-refractivity contribution in [1.82, 2.24) is 4.98 Å². The van der Waals surface area contributed by atoms with E-state index >= 15 is 0 Å². The molecule has 1 heterocycles. The quantitative estimate of drug-likeness (QED) is 0.523. The number of carbonyl (C=O) groups is 1. The Balaban J connectivity index is 3.46.